The first-order chi connectivity index (χ1) is 8.39. The van der Waals surface area contributed by atoms with Gasteiger partial charge in [0, 0.05) is 12.3 Å². The van der Waals surface area contributed by atoms with Gasteiger partial charge in [-0.15, -0.1) is 0 Å². The molecular weight excluding hydrogens is 251 g/mol. The van der Waals surface area contributed by atoms with Crippen LogP contribution in [0.1, 0.15) is 16.2 Å². The number of hydrogen-bond acceptors (Lipinski definition) is 3. The highest BCUT2D eigenvalue weighted by Gasteiger charge is 2.37. The number of rotatable bonds is 2. The third-order valence-electron chi connectivity index (χ3n) is 2.09. The number of pyridine rings is 1. The lowest BCUT2D eigenvalue weighted by Gasteiger charge is -2.08. The maximum absolute atomic E-state index is 12.7. The summed E-state index contributed by atoms with van der Waals surface area (Å²) in [5.74, 6) is -1.63. The number of aromatic carboxylic acids is 1. The molecule has 5 nitrogen and oxygen atoms in total. The van der Waals surface area contributed by atoms with Crippen molar-refractivity contribution >= 4 is 5.97 Å². The highest BCUT2D eigenvalue weighted by molar-refractivity contribution is 5.85. The molecule has 0 saturated heterocycles. The molecule has 0 radical (unpaired) electrons. The molecule has 0 unspecified atom stereocenters. The number of hydrogen-bond donors (Lipinski definition) is 1. The lowest BCUT2D eigenvalue weighted by atomic mass is 10.3. The van der Waals surface area contributed by atoms with Gasteiger partial charge in [-0.3, -0.25) is 0 Å². The Bertz CT molecular complexity index is 578. The summed E-state index contributed by atoms with van der Waals surface area (Å²) in [5.41, 5.74) is -1.87. The van der Waals surface area contributed by atoms with Crippen molar-refractivity contribution in [1.29, 1.82) is 0 Å². The summed E-state index contributed by atoms with van der Waals surface area (Å²) < 4.78 is 38.6. The molecule has 0 fully saturated rings. The Labute approximate surface area is 98.5 Å². The zero-order valence-electron chi connectivity index (χ0n) is 8.72. The van der Waals surface area contributed by atoms with Gasteiger partial charge in [-0.25, -0.2) is 14.5 Å². The van der Waals surface area contributed by atoms with Crippen LogP contribution in [0.5, 0.6) is 0 Å². The van der Waals surface area contributed by atoms with Crippen molar-refractivity contribution in [3.8, 4) is 5.82 Å². The number of carboxylic acids is 1. The minimum absolute atomic E-state index is 0.0997. The smallest absolute Gasteiger partial charge is 0.433 e. The van der Waals surface area contributed by atoms with Crippen LogP contribution in [0.15, 0.2) is 30.5 Å². The van der Waals surface area contributed by atoms with Gasteiger partial charge in [-0.05, 0) is 12.1 Å². The molecule has 0 aliphatic carbocycles. The standard InChI is InChI=1S/C10H6F3N3O2/c11-10(12,13)7-5-6(9(17)18)15-16(7)8-3-1-2-4-14-8/h1-5H,(H,17,18). The van der Waals surface area contributed by atoms with Gasteiger partial charge in [0.05, 0.1) is 0 Å². The molecule has 0 aliphatic rings. The largest absolute Gasteiger partial charge is 0.476 e. The second-order valence-corrected chi connectivity index (χ2v) is 3.32. The van der Waals surface area contributed by atoms with Gasteiger partial charge >= 0.3 is 12.1 Å². The molecule has 8 heteroatoms. The lowest BCUT2D eigenvalue weighted by molar-refractivity contribution is -0.142. The number of aromatic nitrogens is 3. The Morgan fingerprint density at radius 1 is 1.33 bits per heavy atom. The highest BCUT2D eigenvalue weighted by atomic mass is 19.4. The van der Waals surface area contributed by atoms with Crippen molar-refractivity contribution in [2.24, 2.45) is 0 Å². The molecule has 0 aliphatic heterocycles. The summed E-state index contributed by atoms with van der Waals surface area (Å²) in [6.07, 6.45) is -3.42. The number of carboxylic acid groups (broad SMARTS) is 1. The van der Waals surface area contributed by atoms with Crippen LogP contribution in [0.4, 0.5) is 13.2 Å². The Kier molecular flexibility index (Phi) is 2.77. The zero-order valence-corrected chi connectivity index (χ0v) is 8.72. The molecule has 0 saturated carbocycles. The van der Waals surface area contributed by atoms with E-state index in [0.29, 0.717) is 10.7 Å². The van der Waals surface area contributed by atoms with Gasteiger partial charge < -0.3 is 5.11 Å². The van der Waals surface area contributed by atoms with Crippen molar-refractivity contribution in [3.05, 3.63) is 41.9 Å². The zero-order chi connectivity index (χ0) is 13.3. The van der Waals surface area contributed by atoms with Crippen LogP contribution in [0, 0.1) is 0 Å². The molecule has 2 aromatic rings. The first-order valence-electron chi connectivity index (χ1n) is 4.71. The first kappa shape index (κ1) is 12.1. The van der Waals surface area contributed by atoms with Crippen molar-refractivity contribution in [2.75, 3.05) is 0 Å². The van der Waals surface area contributed by atoms with Gasteiger partial charge in [0.15, 0.2) is 17.2 Å². The molecule has 0 spiro atoms. The average molecular weight is 257 g/mol. The van der Waals surface area contributed by atoms with Gasteiger partial charge in [-0.2, -0.15) is 18.3 Å². The van der Waals surface area contributed by atoms with Gasteiger partial charge in [-0.1, -0.05) is 6.07 Å². The van der Waals surface area contributed by atoms with E-state index in [1.807, 2.05) is 0 Å². The van der Waals surface area contributed by atoms with Crippen LogP contribution < -0.4 is 0 Å². The average Bonchev–Trinajstić information content (AvgIpc) is 2.74. The topological polar surface area (TPSA) is 68.0 Å². The second-order valence-electron chi connectivity index (χ2n) is 3.32. The predicted molar refractivity (Wildman–Crippen MR) is 53.3 cm³/mol. The van der Waals surface area contributed by atoms with Crippen LogP contribution in [-0.4, -0.2) is 25.8 Å². The molecular formula is C10H6F3N3O2. The normalized spacial score (nSPS) is 11.5. The minimum Gasteiger partial charge on any atom is -0.476 e. The van der Waals surface area contributed by atoms with Crippen molar-refractivity contribution in [3.63, 3.8) is 0 Å². The van der Waals surface area contributed by atoms with Crippen LogP contribution in [0.25, 0.3) is 5.82 Å². The molecule has 1 N–H and O–H groups in total. The summed E-state index contributed by atoms with van der Waals surface area (Å²) in [4.78, 5) is 14.4. The van der Waals surface area contributed by atoms with E-state index in [-0.39, 0.29) is 5.82 Å². The summed E-state index contributed by atoms with van der Waals surface area (Å²) in [6.45, 7) is 0. The number of halogens is 3. The molecule has 0 bridgehead atoms. The highest BCUT2D eigenvalue weighted by Crippen LogP contribution is 2.31. The number of nitrogens with zero attached hydrogens (tertiary/aromatic N) is 3. The monoisotopic (exact) mass is 257 g/mol. The fourth-order valence-corrected chi connectivity index (χ4v) is 1.34. The van der Waals surface area contributed by atoms with Crippen LogP contribution in [-0.2, 0) is 6.18 Å². The molecule has 2 heterocycles. The Morgan fingerprint density at radius 2 is 2.06 bits per heavy atom. The van der Waals surface area contributed by atoms with Gasteiger partial charge in [0.25, 0.3) is 0 Å². The van der Waals surface area contributed by atoms with E-state index in [9.17, 15) is 18.0 Å². The summed E-state index contributed by atoms with van der Waals surface area (Å²) in [6, 6.07) is 4.77. The third-order valence-corrected chi connectivity index (χ3v) is 2.09. The molecule has 0 aromatic carbocycles. The number of alkyl halides is 3. The molecule has 2 aromatic heterocycles. The Hall–Kier alpha value is -2.38. The van der Waals surface area contributed by atoms with Crippen LogP contribution in [0.2, 0.25) is 0 Å². The van der Waals surface area contributed by atoms with E-state index in [1.54, 1.807) is 0 Å². The summed E-state index contributed by atoms with van der Waals surface area (Å²) in [5, 5.41) is 12.1. The van der Waals surface area contributed by atoms with Gasteiger partial charge in [0.1, 0.15) is 0 Å². The fraction of sp³-hybridized carbons (Fsp3) is 0.100. The van der Waals surface area contributed by atoms with E-state index in [0.717, 1.165) is 0 Å². The number of carbonyl (C=O) groups is 1. The fourth-order valence-electron chi connectivity index (χ4n) is 1.34. The molecule has 0 atom stereocenters. The molecule has 94 valence electrons. The first-order valence-corrected chi connectivity index (χ1v) is 4.71. The molecule has 0 amide bonds. The van der Waals surface area contributed by atoms with Gasteiger partial charge in [0.2, 0.25) is 0 Å². The van der Waals surface area contributed by atoms with Crippen molar-refractivity contribution < 1.29 is 23.1 Å². The second kappa shape index (κ2) is 4.13. The van der Waals surface area contributed by atoms with E-state index in [4.69, 9.17) is 5.11 Å². The maximum Gasteiger partial charge on any atom is 0.433 e. The third kappa shape index (κ3) is 2.17. The van der Waals surface area contributed by atoms with E-state index >= 15 is 0 Å². The van der Waals surface area contributed by atoms with Crippen LogP contribution in [0.3, 0.4) is 0 Å². The lowest BCUT2D eigenvalue weighted by Crippen LogP contribution is -2.14. The van der Waals surface area contributed by atoms with E-state index in [2.05, 4.69) is 10.1 Å². The van der Waals surface area contributed by atoms with Crippen molar-refractivity contribution in [1.82, 2.24) is 14.8 Å². The molecule has 2 rings (SSSR count). The van der Waals surface area contributed by atoms with Crippen molar-refractivity contribution in [2.45, 2.75) is 6.18 Å². The Morgan fingerprint density at radius 3 is 2.56 bits per heavy atom. The summed E-state index contributed by atoms with van der Waals surface area (Å²) >= 11 is 0. The van der Waals surface area contributed by atoms with E-state index in [1.165, 1.54) is 24.4 Å². The Balaban J connectivity index is 2.62. The summed E-state index contributed by atoms with van der Waals surface area (Å²) in [7, 11) is 0. The predicted octanol–water partition coefficient (Wildman–Crippen LogP) is 1.98. The quantitative estimate of drug-likeness (QED) is 0.893. The molecule has 18 heavy (non-hydrogen) atoms. The maximum atomic E-state index is 12.7. The minimum atomic E-state index is -4.71. The SMILES string of the molecule is O=C(O)c1cc(C(F)(F)F)n(-c2ccccn2)n1. The van der Waals surface area contributed by atoms with E-state index < -0.39 is 23.5 Å². The van der Waals surface area contributed by atoms with Crippen LogP contribution >= 0.6 is 0 Å².